The molecule has 1 heterocycles. The lowest BCUT2D eigenvalue weighted by Gasteiger charge is -2.22. The molecule has 2 aromatic carbocycles. The molecular formula is C18H19N5O. The van der Waals surface area contributed by atoms with Gasteiger partial charge in [-0.05, 0) is 30.7 Å². The van der Waals surface area contributed by atoms with Gasteiger partial charge >= 0.3 is 0 Å². The van der Waals surface area contributed by atoms with Crippen LogP contribution in [-0.4, -0.2) is 32.7 Å². The van der Waals surface area contributed by atoms with Crippen molar-refractivity contribution in [3.63, 3.8) is 0 Å². The number of amides is 1. The Balaban J connectivity index is 1.77. The lowest BCUT2D eigenvalue weighted by Crippen LogP contribution is -2.34. The summed E-state index contributed by atoms with van der Waals surface area (Å²) in [5, 5.41) is 12.3. The number of hydrogen-bond donors (Lipinski definition) is 0. The van der Waals surface area contributed by atoms with Crippen molar-refractivity contribution in [3.05, 3.63) is 60.2 Å². The maximum absolute atomic E-state index is 12.6. The Kier molecular flexibility index (Phi) is 4.65. The Morgan fingerprint density at radius 3 is 2.50 bits per heavy atom. The molecule has 6 nitrogen and oxygen atoms in total. The van der Waals surface area contributed by atoms with E-state index in [1.54, 1.807) is 4.90 Å². The molecule has 0 fully saturated rings. The molecule has 0 saturated heterocycles. The van der Waals surface area contributed by atoms with Gasteiger partial charge in [-0.2, -0.15) is 4.80 Å². The average molecular weight is 321 g/mol. The summed E-state index contributed by atoms with van der Waals surface area (Å²) in [6.45, 7) is 4.59. The number of carbonyl (C=O) groups excluding carboxylic acids is 1. The highest BCUT2D eigenvalue weighted by atomic mass is 16.2. The molecule has 0 spiro atoms. The van der Waals surface area contributed by atoms with E-state index in [-0.39, 0.29) is 12.5 Å². The second-order valence-corrected chi connectivity index (χ2v) is 5.43. The minimum absolute atomic E-state index is 0.0575. The molecule has 6 heteroatoms. The van der Waals surface area contributed by atoms with Crippen molar-refractivity contribution in [1.82, 2.24) is 20.2 Å². The molecule has 3 rings (SSSR count). The van der Waals surface area contributed by atoms with E-state index >= 15 is 0 Å². The Labute approximate surface area is 140 Å². The minimum Gasteiger partial charge on any atom is -0.311 e. The first-order valence-corrected chi connectivity index (χ1v) is 7.88. The van der Waals surface area contributed by atoms with E-state index in [9.17, 15) is 4.79 Å². The number of carbonyl (C=O) groups is 1. The summed E-state index contributed by atoms with van der Waals surface area (Å²) in [6.07, 6.45) is 0. The highest BCUT2D eigenvalue weighted by molar-refractivity contribution is 5.93. The largest absolute Gasteiger partial charge is 0.311 e. The molecule has 0 aliphatic heterocycles. The van der Waals surface area contributed by atoms with Crippen molar-refractivity contribution >= 4 is 11.6 Å². The first kappa shape index (κ1) is 15.9. The highest BCUT2D eigenvalue weighted by Gasteiger charge is 2.17. The van der Waals surface area contributed by atoms with Crippen molar-refractivity contribution in [2.45, 2.75) is 20.4 Å². The van der Waals surface area contributed by atoms with E-state index in [1.807, 2.05) is 68.4 Å². The number of hydrogen-bond acceptors (Lipinski definition) is 4. The normalized spacial score (nSPS) is 10.6. The molecule has 24 heavy (non-hydrogen) atoms. The summed E-state index contributed by atoms with van der Waals surface area (Å²) in [6, 6.07) is 17.4. The van der Waals surface area contributed by atoms with E-state index in [0.717, 1.165) is 16.8 Å². The van der Waals surface area contributed by atoms with E-state index in [2.05, 4.69) is 15.4 Å². The standard InChI is InChI=1S/C18H19N5O/c1-3-22(16-12-8-7-9-14(16)2)17(24)13-23-20-18(19-21-23)15-10-5-4-6-11-15/h4-12H,3,13H2,1-2H3. The van der Waals surface area contributed by atoms with Gasteiger partial charge in [-0.3, -0.25) is 4.79 Å². The maximum atomic E-state index is 12.6. The molecule has 0 aliphatic rings. The Morgan fingerprint density at radius 2 is 1.79 bits per heavy atom. The third kappa shape index (κ3) is 3.32. The summed E-state index contributed by atoms with van der Waals surface area (Å²) < 4.78 is 0. The van der Waals surface area contributed by atoms with Gasteiger partial charge in [0.15, 0.2) is 0 Å². The third-order valence-electron chi connectivity index (χ3n) is 3.79. The summed E-state index contributed by atoms with van der Waals surface area (Å²) in [5.74, 6) is 0.450. The highest BCUT2D eigenvalue weighted by Crippen LogP contribution is 2.19. The van der Waals surface area contributed by atoms with Crippen LogP contribution in [0.3, 0.4) is 0 Å². The SMILES string of the molecule is CCN(C(=O)Cn1nnc(-c2ccccc2)n1)c1ccccc1C. The van der Waals surface area contributed by atoms with Gasteiger partial charge in [0.25, 0.3) is 5.91 Å². The van der Waals surface area contributed by atoms with Crippen molar-refractivity contribution in [2.75, 3.05) is 11.4 Å². The van der Waals surface area contributed by atoms with Crippen molar-refractivity contribution in [2.24, 2.45) is 0 Å². The van der Waals surface area contributed by atoms with Crippen LogP contribution in [0.2, 0.25) is 0 Å². The number of tetrazole rings is 1. The molecule has 0 N–H and O–H groups in total. The predicted molar refractivity (Wildman–Crippen MR) is 92.5 cm³/mol. The van der Waals surface area contributed by atoms with Gasteiger partial charge in [-0.25, -0.2) is 0 Å². The number of anilines is 1. The number of nitrogens with zero attached hydrogens (tertiary/aromatic N) is 5. The van der Waals surface area contributed by atoms with Gasteiger partial charge in [-0.15, -0.1) is 10.2 Å². The summed E-state index contributed by atoms with van der Waals surface area (Å²) in [4.78, 5) is 15.7. The van der Waals surface area contributed by atoms with Crippen LogP contribution < -0.4 is 4.90 Å². The van der Waals surface area contributed by atoms with E-state index in [1.165, 1.54) is 4.80 Å². The van der Waals surface area contributed by atoms with Crippen LogP contribution in [0.1, 0.15) is 12.5 Å². The Morgan fingerprint density at radius 1 is 1.08 bits per heavy atom. The van der Waals surface area contributed by atoms with Gasteiger partial charge in [0.2, 0.25) is 5.82 Å². The fraction of sp³-hybridized carbons (Fsp3) is 0.222. The molecule has 0 atom stereocenters. The smallest absolute Gasteiger partial charge is 0.250 e. The Hall–Kier alpha value is -3.02. The second-order valence-electron chi connectivity index (χ2n) is 5.43. The molecule has 0 unspecified atom stereocenters. The topological polar surface area (TPSA) is 63.9 Å². The number of benzene rings is 2. The van der Waals surface area contributed by atoms with E-state index < -0.39 is 0 Å². The molecular weight excluding hydrogens is 302 g/mol. The van der Waals surface area contributed by atoms with Gasteiger partial charge < -0.3 is 4.90 Å². The monoisotopic (exact) mass is 321 g/mol. The van der Waals surface area contributed by atoms with Crippen LogP contribution >= 0.6 is 0 Å². The number of rotatable bonds is 5. The minimum atomic E-state index is -0.0659. The van der Waals surface area contributed by atoms with Gasteiger partial charge in [0.05, 0.1) is 0 Å². The fourth-order valence-corrected chi connectivity index (χ4v) is 2.57. The zero-order chi connectivity index (χ0) is 16.9. The zero-order valence-corrected chi connectivity index (χ0v) is 13.8. The fourth-order valence-electron chi connectivity index (χ4n) is 2.57. The number of likely N-dealkylation sites (N-methyl/N-ethyl adjacent to an activating group) is 1. The first-order valence-electron chi connectivity index (χ1n) is 7.88. The van der Waals surface area contributed by atoms with Gasteiger partial charge in [0.1, 0.15) is 6.54 Å². The lowest BCUT2D eigenvalue weighted by molar-refractivity contribution is -0.119. The number of aryl methyl sites for hydroxylation is 1. The van der Waals surface area contributed by atoms with Crippen LogP contribution in [0, 0.1) is 6.92 Å². The molecule has 0 bridgehead atoms. The lowest BCUT2D eigenvalue weighted by atomic mass is 10.2. The molecule has 0 aliphatic carbocycles. The molecule has 0 radical (unpaired) electrons. The van der Waals surface area contributed by atoms with E-state index in [0.29, 0.717) is 12.4 Å². The molecule has 122 valence electrons. The quantitative estimate of drug-likeness (QED) is 0.725. The Bertz CT molecular complexity index is 828. The van der Waals surface area contributed by atoms with Crippen molar-refractivity contribution < 1.29 is 4.79 Å². The second kappa shape index (κ2) is 7.04. The molecule has 1 amide bonds. The van der Waals surface area contributed by atoms with Gasteiger partial charge in [-0.1, -0.05) is 48.5 Å². The molecule has 1 aromatic heterocycles. The summed E-state index contributed by atoms with van der Waals surface area (Å²) in [5.41, 5.74) is 2.85. The number of aromatic nitrogens is 4. The summed E-state index contributed by atoms with van der Waals surface area (Å²) >= 11 is 0. The average Bonchev–Trinajstić information content (AvgIpc) is 3.06. The van der Waals surface area contributed by atoms with Crippen LogP contribution in [-0.2, 0) is 11.3 Å². The van der Waals surface area contributed by atoms with E-state index in [4.69, 9.17) is 0 Å². The van der Waals surface area contributed by atoms with Crippen LogP contribution in [0.5, 0.6) is 0 Å². The van der Waals surface area contributed by atoms with Crippen LogP contribution in [0.4, 0.5) is 5.69 Å². The summed E-state index contributed by atoms with van der Waals surface area (Å²) in [7, 11) is 0. The van der Waals surface area contributed by atoms with Crippen molar-refractivity contribution in [1.29, 1.82) is 0 Å². The van der Waals surface area contributed by atoms with Gasteiger partial charge in [0, 0.05) is 17.8 Å². The van der Waals surface area contributed by atoms with Crippen LogP contribution in [0.15, 0.2) is 54.6 Å². The third-order valence-corrected chi connectivity index (χ3v) is 3.79. The zero-order valence-electron chi connectivity index (χ0n) is 13.8. The molecule has 3 aromatic rings. The van der Waals surface area contributed by atoms with Crippen LogP contribution in [0.25, 0.3) is 11.4 Å². The molecule has 0 saturated carbocycles. The number of para-hydroxylation sites is 1. The first-order chi connectivity index (χ1) is 11.7. The maximum Gasteiger partial charge on any atom is 0.250 e. The van der Waals surface area contributed by atoms with Crippen molar-refractivity contribution in [3.8, 4) is 11.4 Å². The predicted octanol–water partition coefficient (Wildman–Crippen LogP) is 2.70.